The number of hydrogen-bond acceptors (Lipinski definition) is 4. The zero-order valence-electron chi connectivity index (χ0n) is 6.10. The molecule has 1 aliphatic heterocycles. The van der Waals surface area contributed by atoms with E-state index in [-0.39, 0.29) is 4.70 Å². The monoisotopic (exact) mass is 153 g/mol. The number of nitrogens with two attached hydrogens (primary N) is 2. The Labute approximate surface area is 63.3 Å². The van der Waals surface area contributed by atoms with Crippen molar-refractivity contribution in [3.05, 3.63) is 6.20 Å². The Morgan fingerprint density at radius 3 is 3.00 bits per heavy atom. The Hall–Kier alpha value is -1.40. The highest BCUT2D eigenvalue weighted by atomic mass is 15.8. The van der Waals surface area contributed by atoms with Gasteiger partial charge in [-0.15, -0.1) is 5.84 Å². The fourth-order valence-corrected chi connectivity index (χ4v) is 1.03. The number of rotatable bonds is 0. The molecule has 0 amide bonds. The SMILES string of the molecule is C[N+]1(N)N=Cn2c(N)cnc21. The lowest BCUT2D eigenvalue weighted by atomic mass is 10.8. The predicted molar refractivity (Wildman–Crippen MR) is 42.4 cm³/mol. The number of nitrogen functional groups attached to an aromatic ring is 1. The van der Waals surface area contributed by atoms with Crippen molar-refractivity contribution in [3.63, 3.8) is 0 Å². The van der Waals surface area contributed by atoms with Gasteiger partial charge in [0.05, 0.1) is 6.20 Å². The van der Waals surface area contributed by atoms with Crippen LogP contribution in [0.25, 0.3) is 0 Å². The zero-order chi connectivity index (χ0) is 8.06. The van der Waals surface area contributed by atoms with Crippen LogP contribution in [0.4, 0.5) is 11.8 Å². The van der Waals surface area contributed by atoms with Crippen molar-refractivity contribution in [1.82, 2.24) is 14.3 Å². The first-order valence-electron chi connectivity index (χ1n) is 3.15. The van der Waals surface area contributed by atoms with Crippen molar-refractivity contribution in [1.29, 1.82) is 0 Å². The van der Waals surface area contributed by atoms with Crippen molar-refractivity contribution in [2.45, 2.75) is 0 Å². The fraction of sp³-hybridized carbons (Fsp3) is 0.200. The second kappa shape index (κ2) is 1.60. The summed E-state index contributed by atoms with van der Waals surface area (Å²) in [5, 5.41) is 3.97. The van der Waals surface area contributed by atoms with E-state index in [2.05, 4.69) is 10.1 Å². The van der Waals surface area contributed by atoms with Gasteiger partial charge in [-0.1, -0.05) is 4.70 Å². The van der Waals surface area contributed by atoms with Gasteiger partial charge in [0, 0.05) is 0 Å². The van der Waals surface area contributed by atoms with Crippen LogP contribution in [-0.4, -0.2) is 22.9 Å². The van der Waals surface area contributed by atoms with Crippen LogP contribution in [0, 0.1) is 0 Å². The third kappa shape index (κ3) is 0.673. The molecule has 6 nitrogen and oxygen atoms in total. The summed E-state index contributed by atoms with van der Waals surface area (Å²) in [6.07, 6.45) is 3.13. The number of quaternary nitrogens is 1. The van der Waals surface area contributed by atoms with Gasteiger partial charge in [0.1, 0.15) is 12.9 Å². The molecule has 1 atom stereocenters. The molecule has 0 spiro atoms. The van der Waals surface area contributed by atoms with Crippen LogP contribution in [0.3, 0.4) is 0 Å². The minimum Gasteiger partial charge on any atom is -0.383 e. The molecule has 6 heteroatoms. The number of anilines is 1. The number of nitrogens with zero attached hydrogens (tertiary/aromatic N) is 4. The van der Waals surface area contributed by atoms with Gasteiger partial charge in [-0.2, -0.15) is 4.98 Å². The lowest BCUT2D eigenvalue weighted by Crippen LogP contribution is -2.45. The summed E-state index contributed by atoms with van der Waals surface area (Å²) in [5.74, 6) is 6.88. The average Bonchev–Trinajstić information content (AvgIpc) is 2.39. The Kier molecular flexibility index (Phi) is 0.921. The van der Waals surface area contributed by atoms with Crippen LogP contribution in [0.1, 0.15) is 0 Å². The molecule has 0 radical (unpaired) electrons. The van der Waals surface area contributed by atoms with Crippen LogP contribution in [0.5, 0.6) is 0 Å². The van der Waals surface area contributed by atoms with Crippen molar-refractivity contribution in [2.75, 3.05) is 12.8 Å². The van der Waals surface area contributed by atoms with Crippen molar-refractivity contribution in [3.8, 4) is 0 Å². The summed E-state index contributed by atoms with van der Waals surface area (Å²) in [4.78, 5) is 4.01. The largest absolute Gasteiger partial charge is 0.383 e. The summed E-state index contributed by atoms with van der Waals surface area (Å²) in [5.41, 5.74) is 5.56. The van der Waals surface area contributed by atoms with E-state index >= 15 is 0 Å². The molecule has 1 aromatic rings. The van der Waals surface area contributed by atoms with Gasteiger partial charge in [-0.05, 0) is 5.10 Å². The molecule has 0 aliphatic carbocycles. The maximum Gasteiger partial charge on any atom is 0.363 e. The summed E-state index contributed by atoms with van der Waals surface area (Å²) in [6.45, 7) is 0. The topological polar surface area (TPSA) is 82.2 Å². The van der Waals surface area contributed by atoms with Gasteiger partial charge in [0.25, 0.3) is 0 Å². The van der Waals surface area contributed by atoms with Crippen LogP contribution < -0.4 is 16.3 Å². The second-order valence-electron chi connectivity index (χ2n) is 2.61. The molecule has 0 saturated carbocycles. The van der Waals surface area contributed by atoms with Gasteiger partial charge in [0.15, 0.2) is 6.34 Å². The first-order valence-corrected chi connectivity index (χ1v) is 3.15. The molecule has 0 fully saturated rings. The van der Waals surface area contributed by atoms with E-state index < -0.39 is 0 Å². The van der Waals surface area contributed by atoms with Gasteiger partial charge < -0.3 is 5.73 Å². The normalized spacial score (nSPS) is 27.5. The Balaban J connectivity index is 2.65. The standard InChI is InChI=1S/C5H9N6/c1-11(7)5-8-2-4(6)10(5)3-9-11/h2-3H,6-7H2,1H3/q+1. The van der Waals surface area contributed by atoms with E-state index in [0.29, 0.717) is 11.8 Å². The lowest BCUT2D eigenvalue weighted by Gasteiger charge is -2.11. The van der Waals surface area contributed by atoms with Crippen molar-refractivity contribution in [2.24, 2.45) is 10.9 Å². The minimum atomic E-state index is -0.0861. The second-order valence-corrected chi connectivity index (χ2v) is 2.61. The van der Waals surface area contributed by atoms with Crippen molar-refractivity contribution >= 4 is 18.1 Å². The molecule has 4 N–H and O–H groups in total. The number of imidazole rings is 1. The van der Waals surface area contributed by atoms with Crippen molar-refractivity contribution < 1.29 is 0 Å². The number of fused-ring (bicyclic) bond motifs is 1. The first kappa shape index (κ1) is 6.32. The van der Waals surface area contributed by atoms with Gasteiger partial charge in [0.2, 0.25) is 0 Å². The molecule has 2 rings (SSSR count). The van der Waals surface area contributed by atoms with E-state index in [4.69, 9.17) is 11.6 Å². The maximum atomic E-state index is 5.70. The summed E-state index contributed by atoms with van der Waals surface area (Å²) < 4.78 is 1.57. The van der Waals surface area contributed by atoms with Crippen LogP contribution in [0.15, 0.2) is 11.3 Å². The van der Waals surface area contributed by atoms with E-state index in [0.717, 1.165) is 0 Å². The Bertz CT molecular complexity index is 322. The third-order valence-electron chi connectivity index (χ3n) is 1.62. The highest BCUT2D eigenvalue weighted by Gasteiger charge is 2.32. The smallest absolute Gasteiger partial charge is 0.363 e. The summed E-state index contributed by atoms with van der Waals surface area (Å²) in [7, 11) is 1.72. The fourth-order valence-electron chi connectivity index (χ4n) is 1.03. The van der Waals surface area contributed by atoms with E-state index in [1.807, 2.05) is 0 Å². The molecule has 1 unspecified atom stereocenters. The highest BCUT2D eigenvalue weighted by Crippen LogP contribution is 2.21. The third-order valence-corrected chi connectivity index (χ3v) is 1.62. The first-order chi connectivity index (χ1) is 5.11. The molecule has 1 aliphatic rings. The molecule has 0 bridgehead atoms. The van der Waals surface area contributed by atoms with Crippen LogP contribution in [0.2, 0.25) is 0 Å². The quantitative estimate of drug-likeness (QED) is 0.373. The molecule has 11 heavy (non-hydrogen) atoms. The number of aromatic nitrogens is 2. The molecular weight excluding hydrogens is 144 g/mol. The molecule has 2 heterocycles. The molecule has 58 valence electrons. The predicted octanol–water partition coefficient (Wildman–Crippen LogP) is -0.919. The molecule has 0 saturated heterocycles. The van der Waals surface area contributed by atoms with Gasteiger partial charge in [-0.25, -0.2) is 4.57 Å². The van der Waals surface area contributed by atoms with E-state index in [9.17, 15) is 0 Å². The molecule has 0 aromatic carbocycles. The van der Waals surface area contributed by atoms with E-state index in [1.165, 1.54) is 0 Å². The minimum absolute atomic E-state index is 0.0861. The van der Waals surface area contributed by atoms with Crippen LogP contribution in [-0.2, 0) is 0 Å². The van der Waals surface area contributed by atoms with Gasteiger partial charge >= 0.3 is 5.95 Å². The summed E-state index contributed by atoms with van der Waals surface area (Å²) in [6, 6.07) is 0. The maximum absolute atomic E-state index is 5.70. The number of hydrogen-bond donors (Lipinski definition) is 2. The molecule has 1 aromatic heterocycles. The average molecular weight is 153 g/mol. The molecular formula is C5H9N6+. The lowest BCUT2D eigenvalue weighted by molar-refractivity contribution is 0.358. The zero-order valence-corrected chi connectivity index (χ0v) is 6.10. The Morgan fingerprint density at radius 1 is 1.64 bits per heavy atom. The highest BCUT2D eigenvalue weighted by molar-refractivity contribution is 5.72. The van der Waals surface area contributed by atoms with Crippen LogP contribution >= 0.6 is 0 Å². The Morgan fingerprint density at radius 2 is 2.36 bits per heavy atom. The van der Waals surface area contributed by atoms with E-state index in [1.54, 1.807) is 24.2 Å². The summed E-state index contributed by atoms with van der Waals surface area (Å²) >= 11 is 0. The van der Waals surface area contributed by atoms with Gasteiger partial charge in [-0.3, -0.25) is 0 Å².